The lowest BCUT2D eigenvalue weighted by Gasteiger charge is -2.39. The van der Waals surface area contributed by atoms with E-state index in [4.69, 9.17) is 4.74 Å². The molecule has 0 bridgehead atoms. The average molecular weight is 518 g/mol. The van der Waals surface area contributed by atoms with Gasteiger partial charge < -0.3 is 25.3 Å². The van der Waals surface area contributed by atoms with Gasteiger partial charge in [-0.3, -0.25) is 14.4 Å². The maximum Gasteiger partial charge on any atom is 0.246 e. The molecule has 4 rings (SSSR count). The molecule has 9 nitrogen and oxygen atoms in total. The van der Waals surface area contributed by atoms with E-state index in [1.165, 1.54) is 6.33 Å². The Bertz CT molecular complexity index is 1230. The standard InChI is InChI=1S/C29H35N5O4/c1-19(2)27(33-26(35)14-23-15-30-18-31-23)29(37)34-16-22-10-8-7-9-21(22)13-25(34)28(36)32-20(3)17-38-24-11-5-4-6-12-24/h4-12,15,18-20,25,27H,13-14,16-17H2,1-3H3,(H,30,31)(H,32,36)(H,33,35)/t20?,25-,27-/m0/s1. The van der Waals surface area contributed by atoms with Gasteiger partial charge in [-0.2, -0.15) is 0 Å². The quantitative estimate of drug-likeness (QED) is 0.382. The lowest BCUT2D eigenvalue weighted by atomic mass is 9.91. The number of imidazole rings is 1. The summed E-state index contributed by atoms with van der Waals surface area (Å²) in [5, 5.41) is 5.90. The summed E-state index contributed by atoms with van der Waals surface area (Å²) in [6.07, 6.45) is 3.57. The van der Waals surface area contributed by atoms with Gasteiger partial charge in [0.1, 0.15) is 24.4 Å². The van der Waals surface area contributed by atoms with Crippen molar-refractivity contribution in [3.05, 3.63) is 83.9 Å². The molecule has 0 fully saturated rings. The van der Waals surface area contributed by atoms with Gasteiger partial charge in [-0.25, -0.2) is 4.98 Å². The number of ether oxygens (including phenoxy) is 1. The number of hydrogen-bond acceptors (Lipinski definition) is 5. The van der Waals surface area contributed by atoms with Crippen LogP contribution in [0, 0.1) is 5.92 Å². The number of carbonyl (C=O) groups is 3. The normalized spacial score (nSPS) is 16.3. The predicted octanol–water partition coefficient (Wildman–Crippen LogP) is 2.63. The SMILES string of the molecule is CC(COc1ccccc1)NC(=O)[C@@H]1Cc2ccccc2CN1C(=O)[C@@H](NC(=O)Cc1cnc[nH]1)C(C)C. The van der Waals surface area contributed by atoms with E-state index in [1.807, 2.05) is 75.4 Å². The van der Waals surface area contributed by atoms with Crippen molar-refractivity contribution in [2.75, 3.05) is 6.61 Å². The Morgan fingerprint density at radius 1 is 1.03 bits per heavy atom. The minimum atomic E-state index is -0.773. The number of amides is 3. The van der Waals surface area contributed by atoms with E-state index in [0.717, 1.165) is 16.9 Å². The van der Waals surface area contributed by atoms with Crippen LogP contribution < -0.4 is 15.4 Å². The lowest BCUT2D eigenvalue weighted by Crippen LogP contribution is -2.59. The third-order valence-electron chi connectivity index (χ3n) is 6.62. The number of aromatic nitrogens is 2. The van der Waals surface area contributed by atoms with Crippen LogP contribution in [-0.4, -0.2) is 57.3 Å². The molecule has 200 valence electrons. The zero-order chi connectivity index (χ0) is 27.1. The molecule has 38 heavy (non-hydrogen) atoms. The number of benzene rings is 2. The first-order valence-electron chi connectivity index (χ1n) is 12.9. The minimum Gasteiger partial charge on any atom is -0.491 e. The lowest BCUT2D eigenvalue weighted by molar-refractivity contribution is -0.145. The molecule has 1 aliphatic heterocycles. The van der Waals surface area contributed by atoms with Crippen LogP contribution >= 0.6 is 0 Å². The van der Waals surface area contributed by atoms with Crippen molar-refractivity contribution < 1.29 is 19.1 Å². The number of para-hydroxylation sites is 1. The van der Waals surface area contributed by atoms with Crippen LogP contribution in [0.3, 0.4) is 0 Å². The summed E-state index contributed by atoms with van der Waals surface area (Å²) in [4.78, 5) is 48.6. The van der Waals surface area contributed by atoms with Crippen molar-refractivity contribution in [1.82, 2.24) is 25.5 Å². The predicted molar refractivity (Wildman–Crippen MR) is 143 cm³/mol. The van der Waals surface area contributed by atoms with Crippen molar-refractivity contribution in [3.63, 3.8) is 0 Å². The Morgan fingerprint density at radius 3 is 2.42 bits per heavy atom. The first kappa shape index (κ1) is 26.9. The van der Waals surface area contributed by atoms with Crippen molar-refractivity contribution in [1.29, 1.82) is 0 Å². The maximum atomic E-state index is 13.9. The largest absolute Gasteiger partial charge is 0.491 e. The maximum absolute atomic E-state index is 13.9. The molecule has 3 aromatic rings. The smallest absolute Gasteiger partial charge is 0.246 e. The third kappa shape index (κ3) is 6.79. The van der Waals surface area contributed by atoms with Crippen molar-refractivity contribution >= 4 is 17.7 Å². The molecule has 0 aliphatic carbocycles. The minimum absolute atomic E-state index is 0.0855. The van der Waals surface area contributed by atoms with Gasteiger partial charge in [0.25, 0.3) is 0 Å². The fourth-order valence-electron chi connectivity index (χ4n) is 4.58. The number of hydrogen-bond donors (Lipinski definition) is 3. The Kier molecular flexibility index (Phi) is 8.78. The molecule has 1 aliphatic rings. The molecule has 2 heterocycles. The molecular formula is C29H35N5O4. The van der Waals surface area contributed by atoms with Crippen LogP contribution in [0.2, 0.25) is 0 Å². The first-order chi connectivity index (χ1) is 18.3. The second-order valence-corrected chi connectivity index (χ2v) is 10.0. The average Bonchev–Trinajstić information content (AvgIpc) is 3.42. The first-order valence-corrected chi connectivity index (χ1v) is 12.9. The number of aromatic amines is 1. The van der Waals surface area contributed by atoms with Crippen LogP contribution in [0.15, 0.2) is 67.1 Å². The molecule has 3 amide bonds. The highest BCUT2D eigenvalue weighted by molar-refractivity contribution is 5.93. The molecule has 3 N–H and O–H groups in total. The Morgan fingerprint density at radius 2 is 1.74 bits per heavy atom. The second-order valence-electron chi connectivity index (χ2n) is 10.0. The number of rotatable bonds is 10. The summed E-state index contributed by atoms with van der Waals surface area (Å²) in [7, 11) is 0. The monoisotopic (exact) mass is 517 g/mol. The van der Waals surface area contributed by atoms with Crippen LogP contribution in [0.5, 0.6) is 5.75 Å². The van der Waals surface area contributed by atoms with Crippen LogP contribution in [0.4, 0.5) is 0 Å². The zero-order valence-corrected chi connectivity index (χ0v) is 22.0. The van der Waals surface area contributed by atoms with E-state index in [1.54, 1.807) is 11.1 Å². The van der Waals surface area contributed by atoms with Crippen LogP contribution in [0.1, 0.15) is 37.6 Å². The van der Waals surface area contributed by atoms with Gasteiger partial charge in [0, 0.05) is 24.9 Å². The van der Waals surface area contributed by atoms with Gasteiger partial charge >= 0.3 is 0 Å². The summed E-state index contributed by atoms with van der Waals surface area (Å²) in [5.41, 5.74) is 2.69. The number of fused-ring (bicyclic) bond motifs is 1. The van der Waals surface area contributed by atoms with Gasteiger partial charge in [-0.15, -0.1) is 0 Å². The summed E-state index contributed by atoms with van der Waals surface area (Å²) in [6.45, 7) is 6.23. The fourth-order valence-corrected chi connectivity index (χ4v) is 4.58. The topological polar surface area (TPSA) is 116 Å². The van der Waals surface area contributed by atoms with Crippen molar-refractivity contribution in [3.8, 4) is 5.75 Å². The van der Waals surface area contributed by atoms with E-state index < -0.39 is 12.1 Å². The summed E-state index contributed by atoms with van der Waals surface area (Å²) < 4.78 is 5.79. The molecule has 1 aromatic heterocycles. The number of carbonyl (C=O) groups excluding carboxylic acids is 3. The molecule has 3 atom stereocenters. The molecule has 0 spiro atoms. The van der Waals surface area contributed by atoms with E-state index >= 15 is 0 Å². The highest BCUT2D eigenvalue weighted by atomic mass is 16.5. The van der Waals surface area contributed by atoms with E-state index in [9.17, 15) is 14.4 Å². The Labute approximate surface area is 223 Å². The van der Waals surface area contributed by atoms with Crippen molar-refractivity contribution in [2.24, 2.45) is 5.92 Å². The number of nitrogens with one attached hydrogen (secondary N) is 3. The van der Waals surface area contributed by atoms with E-state index in [2.05, 4.69) is 20.6 Å². The van der Waals surface area contributed by atoms with Gasteiger partial charge in [0.05, 0.1) is 18.8 Å². The Hall–Kier alpha value is -4.14. The highest BCUT2D eigenvalue weighted by Crippen LogP contribution is 2.25. The Balaban J connectivity index is 1.48. The highest BCUT2D eigenvalue weighted by Gasteiger charge is 2.39. The van der Waals surface area contributed by atoms with Crippen LogP contribution in [0.25, 0.3) is 0 Å². The molecule has 0 saturated carbocycles. The third-order valence-corrected chi connectivity index (χ3v) is 6.62. The molecule has 1 unspecified atom stereocenters. The molecule has 2 aromatic carbocycles. The zero-order valence-electron chi connectivity index (χ0n) is 22.0. The van der Waals surface area contributed by atoms with E-state index in [-0.39, 0.29) is 36.1 Å². The van der Waals surface area contributed by atoms with Gasteiger partial charge in [-0.05, 0) is 36.1 Å². The molecule has 9 heteroatoms. The molecule has 0 radical (unpaired) electrons. The van der Waals surface area contributed by atoms with Crippen LogP contribution in [-0.2, 0) is 33.8 Å². The van der Waals surface area contributed by atoms with E-state index in [0.29, 0.717) is 25.3 Å². The summed E-state index contributed by atoms with van der Waals surface area (Å²) in [6, 6.07) is 15.5. The van der Waals surface area contributed by atoms with Gasteiger partial charge in [0.15, 0.2) is 0 Å². The summed E-state index contributed by atoms with van der Waals surface area (Å²) >= 11 is 0. The number of H-pyrrole nitrogens is 1. The number of nitrogens with zero attached hydrogens (tertiary/aromatic N) is 2. The van der Waals surface area contributed by atoms with Gasteiger partial charge in [0.2, 0.25) is 17.7 Å². The molecular weight excluding hydrogens is 482 g/mol. The second kappa shape index (κ2) is 12.4. The van der Waals surface area contributed by atoms with Gasteiger partial charge in [-0.1, -0.05) is 56.3 Å². The van der Waals surface area contributed by atoms with Crippen molar-refractivity contribution in [2.45, 2.75) is 58.3 Å². The summed E-state index contributed by atoms with van der Waals surface area (Å²) in [5.74, 6) is -0.259. The molecule has 0 saturated heterocycles. The fraction of sp³-hybridized carbons (Fsp3) is 0.379.